The second-order valence-corrected chi connectivity index (χ2v) is 7.43. The van der Waals surface area contributed by atoms with Crippen LogP contribution in [-0.4, -0.2) is 44.0 Å². The smallest absolute Gasteiger partial charge is 0.300 e. The lowest BCUT2D eigenvalue weighted by molar-refractivity contribution is -0.135. The number of alkyl halides is 1. The number of benzene rings is 2. The van der Waals surface area contributed by atoms with Gasteiger partial charge in [0.25, 0.3) is 11.9 Å². The molecular weight excluding hydrogens is 416 g/mol. The molecule has 0 fully saturated rings. The first-order valence-corrected chi connectivity index (χ1v) is 10.3. The number of hydrogen-bond acceptors (Lipinski definition) is 5. The molecule has 0 bridgehead atoms. The van der Waals surface area contributed by atoms with Crippen molar-refractivity contribution >= 4 is 35.3 Å². The highest BCUT2D eigenvalue weighted by Gasteiger charge is 2.11. The predicted octanol–water partition coefficient (Wildman–Crippen LogP) is 5.17. The normalized spacial score (nSPS) is 10.6. The van der Waals surface area contributed by atoms with Crippen LogP contribution in [0, 0.1) is 0 Å². The third-order valence-electron chi connectivity index (χ3n) is 3.40. The van der Waals surface area contributed by atoms with E-state index in [1.165, 1.54) is 17.7 Å². The molecule has 0 aliphatic heterocycles. The van der Waals surface area contributed by atoms with Gasteiger partial charge in [-0.1, -0.05) is 30.3 Å². The number of phenolic OH excluding ortho intramolecular Hbond substituents is 2. The van der Waals surface area contributed by atoms with E-state index in [1.807, 2.05) is 18.2 Å². The maximum Gasteiger partial charge on any atom is 0.300 e. The molecule has 160 valence electrons. The van der Waals surface area contributed by atoms with Crippen molar-refractivity contribution in [1.82, 2.24) is 0 Å². The Morgan fingerprint density at radius 3 is 2.03 bits per heavy atom. The van der Waals surface area contributed by atoms with Crippen LogP contribution in [0.25, 0.3) is 0 Å². The molecule has 1 atom stereocenters. The zero-order valence-corrected chi connectivity index (χ0v) is 18.0. The molecule has 29 heavy (non-hydrogen) atoms. The summed E-state index contributed by atoms with van der Waals surface area (Å²) >= 11 is 7.47. The number of thioether (sulfide) groups is 1. The first kappa shape index (κ1) is 26.6. The molecule has 0 radical (unpaired) electrons. The first-order chi connectivity index (χ1) is 13.7. The van der Waals surface area contributed by atoms with E-state index in [0.717, 1.165) is 32.4 Å². The fourth-order valence-corrected chi connectivity index (χ4v) is 3.57. The van der Waals surface area contributed by atoms with Crippen LogP contribution < -0.4 is 0 Å². The molecule has 0 aliphatic carbocycles. The van der Waals surface area contributed by atoms with Crippen molar-refractivity contribution in [2.45, 2.75) is 37.5 Å². The number of halogens is 1. The summed E-state index contributed by atoms with van der Waals surface area (Å²) in [6.45, 7) is 2.17. The fourth-order valence-electron chi connectivity index (χ4n) is 2.26. The Labute approximate surface area is 180 Å². The Balaban J connectivity index is 0.000000837. The standard InChI is InChI=1S/C17H19ClO2S.2C2H4O2/c18-10-8-14(13-4-2-1-3-5-13)9-11-21-17-12-15(19)6-7-16(17)20;2*1-2(3)4/h1-7,12,14,19-20H,8-11H2;2*1H3,(H,3,4). The average Bonchev–Trinajstić information content (AvgIpc) is 2.63. The van der Waals surface area contributed by atoms with Gasteiger partial charge in [0.05, 0.1) is 4.90 Å². The molecule has 2 rings (SSSR count). The lowest BCUT2D eigenvalue weighted by Gasteiger charge is -2.16. The summed E-state index contributed by atoms with van der Waals surface area (Å²) in [7, 11) is 0. The maximum absolute atomic E-state index is 9.77. The minimum Gasteiger partial charge on any atom is -0.508 e. The van der Waals surface area contributed by atoms with Crippen molar-refractivity contribution in [1.29, 1.82) is 0 Å². The number of carboxylic acids is 2. The number of hydrogen-bond donors (Lipinski definition) is 4. The van der Waals surface area contributed by atoms with E-state index in [9.17, 15) is 10.2 Å². The molecule has 0 saturated carbocycles. The van der Waals surface area contributed by atoms with Crippen molar-refractivity contribution in [2.75, 3.05) is 11.6 Å². The molecule has 2 aromatic carbocycles. The Bertz CT molecular complexity index is 719. The number of phenols is 2. The van der Waals surface area contributed by atoms with Crippen molar-refractivity contribution in [3.05, 3.63) is 54.1 Å². The van der Waals surface area contributed by atoms with Gasteiger partial charge in [-0.3, -0.25) is 9.59 Å². The summed E-state index contributed by atoms with van der Waals surface area (Å²) in [5.74, 6) is 0.660. The summed E-state index contributed by atoms with van der Waals surface area (Å²) in [6, 6.07) is 15.0. The SMILES string of the molecule is CC(=O)O.CC(=O)O.Oc1ccc(O)c(SCCC(CCCl)c2ccccc2)c1. The third kappa shape index (κ3) is 14.3. The predicted molar refractivity (Wildman–Crippen MR) is 116 cm³/mol. The monoisotopic (exact) mass is 442 g/mol. The van der Waals surface area contributed by atoms with Gasteiger partial charge in [0, 0.05) is 19.7 Å². The second-order valence-electron chi connectivity index (χ2n) is 5.91. The molecule has 0 amide bonds. The molecule has 2 aromatic rings. The van der Waals surface area contributed by atoms with E-state index in [4.69, 9.17) is 31.4 Å². The maximum atomic E-state index is 9.77. The Morgan fingerprint density at radius 1 is 0.966 bits per heavy atom. The number of carbonyl (C=O) groups is 2. The van der Waals surface area contributed by atoms with Gasteiger partial charge < -0.3 is 20.4 Å². The molecule has 0 spiro atoms. The van der Waals surface area contributed by atoms with E-state index in [1.54, 1.807) is 17.8 Å². The van der Waals surface area contributed by atoms with Gasteiger partial charge in [0.2, 0.25) is 0 Å². The van der Waals surface area contributed by atoms with Gasteiger partial charge in [0.15, 0.2) is 0 Å². The van der Waals surface area contributed by atoms with Crippen LogP contribution in [-0.2, 0) is 9.59 Å². The molecule has 4 N–H and O–H groups in total. The van der Waals surface area contributed by atoms with Crippen LogP contribution in [0.4, 0.5) is 0 Å². The largest absolute Gasteiger partial charge is 0.508 e. The number of aliphatic carboxylic acids is 2. The van der Waals surface area contributed by atoms with Crippen molar-refractivity contribution in [2.24, 2.45) is 0 Å². The quantitative estimate of drug-likeness (QED) is 0.265. The number of carboxylic acid groups (broad SMARTS) is 2. The fraction of sp³-hybridized carbons (Fsp3) is 0.333. The van der Waals surface area contributed by atoms with E-state index in [-0.39, 0.29) is 11.5 Å². The van der Waals surface area contributed by atoms with E-state index >= 15 is 0 Å². The van der Waals surface area contributed by atoms with Crippen LogP contribution in [0.1, 0.15) is 38.2 Å². The molecular formula is C21H27ClO6S. The summed E-state index contributed by atoms with van der Waals surface area (Å²) in [4.78, 5) is 18.7. The average molecular weight is 443 g/mol. The zero-order valence-electron chi connectivity index (χ0n) is 16.4. The molecule has 0 aliphatic rings. The Kier molecular flexibility index (Phi) is 14.3. The molecule has 6 nitrogen and oxygen atoms in total. The molecule has 1 unspecified atom stereocenters. The second kappa shape index (κ2) is 15.5. The molecule has 0 aromatic heterocycles. The summed E-state index contributed by atoms with van der Waals surface area (Å²) in [6.07, 6.45) is 1.93. The highest BCUT2D eigenvalue weighted by Crippen LogP contribution is 2.34. The highest BCUT2D eigenvalue weighted by atomic mass is 35.5. The van der Waals surface area contributed by atoms with Gasteiger partial charge in [-0.15, -0.1) is 23.4 Å². The summed E-state index contributed by atoms with van der Waals surface area (Å²) in [5, 5.41) is 34.1. The third-order valence-corrected chi connectivity index (χ3v) is 4.69. The van der Waals surface area contributed by atoms with Crippen LogP contribution in [0.5, 0.6) is 11.5 Å². The van der Waals surface area contributed by atoms with Crippen molar-refractivity contribution in [3.8, 4) is 11.5 Å². The van der Waals surface area contributed by atoms with E-state index < -0.39 is 11.9 Å². The van der Waals surface area contributed by atoms with E-state index in [2.05, 4.69) is 12.1 Å². The van der Waals surface area contributed by atoms with Gasteiger partial charge in [-0.25, -0.2) is 0 Å². The van der Waals surface area contributed by atoms with Gasteiger partial charge in [-0.2, -0.15) is 0 Å². The number of aromatic hydroxyl groups is 2. The van der Waals surface area contributed by atoms with Gasteiger partial charge in [-0.05, 0) is 48.3 Å². The topological polar surface area (TPSA) is 115 Å². The summed E-state index contributed by atoms with van der Waals surface area (Å²) in [5.41, 5.74) is 1.30. The zero-order chi connectivity index (χ0) is 22.2. The molecule has 0 heterocycles. The molecule has 8 heteroatoms. The van der Waals surface area contributed by atoms with Gasteiger partial charge in [0.1, 0.15) is 11.5 Å². The van der Waals surface area contributed by atoms with Crippen LogP contribution in [0.15, 0.2) is 53.4 Å². The van der Waals surface area contributed by atoms with Gasteiger partial charge >= 0.3 is 0 Å². The first-order valence-electron chi connectivity index (χ1n) is 8.82. The Morgan fingerprint density at radius 2 is 1.52 bits per heavy atom. The molecule has 0 saturated heterocycles. The number of rotatable bonds is 7. The van der Waals surface area contributed by atoms with Crippen LogP contribution >= 0.6 is 23.4 Å². The summed E-state index contributed by atoms with van der Waals surface area (Å²) < 4.78 is 0. The van der Waals surface area contributed by atoms with Crippen LogP contribution in [0.2, 0.25) is 0 Å². The lowest BCUT2D eigenvalue weighted by atomic mass is 9.94. The van der Waals surface area contributed by atoms with Crippen molar-refractivity contribution < 1.29 is 30.0 Å². The minimum absolute atomic E-state index is 0.177. The van der Waals surface area contributed by atoms with E-state index in [0.29, 0.717) is 16.7 Å². The van der Waals surface area contributed by atoms with Crippen molar-refractivity contribution in [3.63, 3.8) is 0 Å². The lowest BCUT2D eigenvalue weighted by Crippen LogP contribution is -2.01. The Hall–Kier alpha value is -2.38. The minimum atomic E-state index is -0.833. The van der Waals surface area contributed by atoms with Crippen LogP contribution in [0.3, 0.4) is 0 Å². The highest BCUT2D eigenvalue weighted by molar-refractivity contribution is 7.99.